The highest BCUT2D eigenvalue weighted by Crippen LogP contribution is 2.36. The second kappa shape index (κ2) is 6.19. The summed E-state index contributed by atoms with van der Waals surface area (Å²) in [5, 5.41) is 11.5. The Balaban J connectivity index is 1.96. The van der Waals surface area contributed by atoms with E-state index in [1.165, 1.54) is 5.56 Å². The van der Waals surface area contributed by atoms with Gasteiger partial charge >= 0.3 is 6.09 Å². The van der Waals surface area contributed by atoms with Crippen LogP contribution in [-0.2, 0) is 5.41 Å². The van der Waals surface area contributed by atoms with Gasteiger partial charge in [0.25, 0.3) is 0 Å². The second-order valence-corrected chi connectivity index (χ2v) is 7.22. The monoisotopic (exact) mass is 325 g/mol. The summed E-state index contributed by atoms with van der Waals surface area (Å²) in [5.74, 6) is 0.763. The number of rotatable bonds is 2. The zero-order valence-corrected chi connectivity index (χ0v) is 14.3. The Morgan fingerprint density at radius 3 is 2.62 bits per heavy atom. The van der Waals surface area contributed by atoms with Crippen LogP contribution in [0.4, 0.5) is 4.79 Å². The van der Waals surface area contributed by atoms with Crippen LogP contribution in [0.1, 0.15) is 44.4 Å². The van der Waals surface area contributed by atoms with E-state index in [1.54, 1.807) is 0 Å². The minimum absolute atomic E-state index is 0.0945. The maximum Gasteiger partial charge on any atom is 0.405 e. The van der Waals surface area contributed by atoms with Crippen LogP contribution in [-0.4, -0.2) is 17.8 Å². The van der Waals surface area contributed by atoms with E-state index in [0.29, 0.717) is 13.0 Å². The molecule has 0 aliphatic carbocycles. The number of nitrogens with one attached hydrogen (secondary N) is 1. The van der Waals surface area contributed by atoms with Gasteiger partial charge in [0.1, 0.15) is 5.75 Å². The maximum atomic E-state index is 10.9. The molecule has 0 radical (unpaired) electrons. The number of amides is 1. The van der Waals surface area contributed by atoms with Gasteiger partial charge in [-0.1, -0.05) is 57.2 Å². The van der Waals surface area contributed by atoms with E-state index in [-0.39, 0.29) is 11.5 Å². The third kappa shape index (κ3) is 3.37. The van der Waals surface area contributed by atoms with E-state index >= 15 is 0 Å². The lowest BCUT2D eigenvalue weighted by molar-refractivity contribution is 0.182. The van der Waals surface area contributed by atoms with E-state index in [1.807, 2.05) is 18.2 Å². The van der Waals surface area contributed by atoms with Gasteiger partial charge in [-0.25, -0.2) is 4.79 Å². The van der Waals surface area contributed by atoms with Gasteiger partial charge in [-0.15, -0.1) is 0 Å². The van der Waals surface area contributed by atoms with Crippen LogP contribution in [0.3, 0.4) is 0 Å². The fourth-order valence-electron chi connectivity index (χ4n) is 3.03. The van der Waals surface area contributed by atoms with Crippen molar-refractivity contribution in [2.75, 3.05) is 6.61 Å². The first-order chi connectivity index (χ1) is 11.3. The molecule has 0 saturated heterocycles. The van der Waals surface area contributed by atoms with Crippen LogP contribution in [0.5, 0.6) is 5.75 Å². The fourth-order valence-corrected chi connectivity index (χ4v) is 3.03. The summed E-state index contributed by atoms with van der Waals surface area (Å²) in [7, 11) is 0. The summed E-state index contributed by atoms with van der Waals surface area (Å²) in [6.45, 7) is 7.11. The van der Waals surface area contributed by atoms with Crippen molar-refractivity contribution in [1.82, 2.24) is 5.32 Å². The lowest BCUT2D eigenvalue weighted by atomic mass is 9.85. The van der Waals surface area contributed by atoms with Gasteiger partial charge in [-0.05, 0) is 28.2 Å². The van der Waals surface area contributed by atoms with Crippen LogP contribution in [0, 0.1) is 0 Å². The molecule has 1 amide bonds. The summed E-state index contributed by atoms with van der Waals surface area (Å²) in [6.07, 6.45) is -0.354. The molecular weight excluding hydrogens is 302 g/mol. The van der Waals surface area contributed by atoms with Crippen molar-refractivity contribution in [3.05, 3.63) is 53.6 Å². The Kier molecular flexibility index (Phi) is 4.22. The van der Waals surface area contributed by atoms with Crippen molar-refractivity contribution in [3.8, 4) is 16.9 Å². The number of carboxylic acid groups (broad SMARTS) is 1. The SMILES string of the molecule is CC(C)(C)c1cccc(-c2ccc3c(c2)OCCC3NC(=O)O)c1. The lowest BCUT2D eigenvalue weighted by Gasteiger charge is -2.26. The van der Waals surface area contributed by atoms with Crippen molar-refractivity contribution in [2.45, 2.75) is 38.6 Å². The first kappa shape index (κ1) is 16.4. The molecule has 1 atom stereocenters. The third-order valence-electron chi connectivity index (χ3n) is 4.41. The van der Waals surface area contributed by atoms with Crippen molar-refractivity contribution in [1.29, 1.82) is 0 Å². The highest BCUT2D eigenvalue weighted by molar-refractivity contribution is 5.69. The quantitative estimate of drug-likeness (QED) is 0.838. The highest BCUT2D eigenvalue weighted by Gasteiger charge is 2.23. The van der Waals surface area contributed by atoms with E-state index < -0.39 is 6.09 Å². The molecule has 0 spiro atoms. The van der Waals surface area contributed by atoms with Crippen molar-refractivity contribution >= 4 is 6.09 Å². The number of hydrogen-bond donors (Lipinski definition) is 2. The predicted molar refractivity (Wildman–Crippen MR) is 94.6 cm³/mol. The Morgan fingerprint density at radius 2 is 1.92 bits per heavy atom. The standard InChI is InChI=1S/C20H23NO3/c1-20(2,3)15-6-4-5-13(11-15)14-7-8-16-17(21-19(22)23)9-10-24-18(16)12-14/h4-8,11-12,17,21H,9-10H2,1-3H3,(H,22,23). The van der Waals surface area contributed by atoms with Crippen molar-refractivity contribution in [2.24, 2.45) is 0 Å². The zero-order chi connectivity index (χ0) is 17.3. The van der Waals surface area contributed by atoms with Gasteiger partial charge in [0.05, 0.1) is 12.6 Å². The molecule has 2 aromatic rings. The molecule has 1 heterocycles. The van der Waals surface area contributed by atoms with Gasteiger partial charge < -0.3 is 15.2 Å². The number of hydrogen-bond acceptors (Lipinski definition) is 2. The lowest BCUT2D eigenvalue weighted by Crippen LogP contribution is -2.30. The van der Waals surface area contributed by atoms with Gasteiger partial charge in [-0.2, -0.15) is 0 Å². The van der Waals surface area contributed by atoms with Gasteiger partial charge in [0, 0.05) is 12.0 Å². The summed E-state index contributed by atoms with van der Waals surface area (Å²) >= 11 is 0. The molecule has 2 N–H and O–H groups in total. The molecule has 4 heteroatoms. The highest BCUT2D eigenvalue weighted by atomic mass is 16.5. The van der Waals surface area contributed by atoms with Gasteiger partial charge in [-0.3, -0.25) is 0 Å². The molecule has 1 unspecified atom stereocenters. The van der Waals surface area contributed by atoms with E-state index in [9.17, 15) is 4.79 Å². The molecule has 0 aromatic heterocycles. The molecule has 0 bridgehead atoms. The average molecular weight is 325 g/mol. The van der Waals surface area contributed by atoms with Crippen LogP contribution in [0.15, 0.2) is 42.5 Å². The van der Waals surface area contributed by atoms with Gasteiger partial charge in [0.2, 0.25) is 0 Å². The molecule has 0 saturated carbocycles. The molecule has 4 nitrogen and oxygen atoms in total. The van der Waals surface area contributed by atoms with E-state index in [4.69, 9.17) is 9.84 Å². The second-order valence-electron chi connectivity index (χ2n) is 7.22. The zero-order valence-electron chi connectivity index (χ0n) is 14.3. The van der Waals surface area contributed by atoms with Crippen molar-refractivity contribution in [3.63, 3.8) is 0 Å². The number of carbonyl (C=O) groups is 1. The molecule has 0 fully saturated rings. The molecule has 2 aromatic carbocycles. The molecule has 126 valence electrons. The fraction of sp³-hybridized carbons (Fsp3) is 0.350. The molecular formula is C20H23NO3. The maximum absolute atomic E-state index is 10.9. The first-order valence-corrected chi connectivity index (χ1v) is 8.22. The summed E-state index contributed by atoms with van der Waals surface area (Å²) in [4.78, 5) is 10.9. The van der Waals surface area contributed by atoms with Crippen LogP contribution in [0.25, 0.3) is 11.1 Å². The minimum atomic E-state index is -1.00. The Labute approximate surface area is 142 Å². The van der Waals surface area contributed by atoms with Gasteiger partial charge in [0.15, 0.2) is 0 Å². The summed E-state index contributed by atoms with van der Waals surface area (Å²) in [6, 6.07) is 14.3. The molecule has 1 aliphatic rings. The largest absolute Gasteiger partial charge is 0.493 e. The smallest absolute Gasteiger partial charge is 0.405 e. The third-order valence-corrected chi connectivity index (χ3v) is 4.41. The normalized spacial score (nSPS) is 16.9. The summed E-state index contributed by atoms with van der Waals surface area (Å²) < 4.78 is 5.76. The van der Waals surface area contributed by atoms with Crippen molar-refractivity contribution < 1.29 is 14.6 Å². The first-order valence-electron chi connectivity index (χ1n) is 8.22. The van der Waals surface area contributed by atoms with Crippen LogP contribution >= 0.6 is 0 Å². The Hall–Kier alpha value is -2.49. The Morgan fingerprint density at radius 1 is 1.17 bits per heavy atom. The van der Waals surface area contributed by atoms with Crippen LogP contribution in [0.2, 0.25) is 0 Å². The molecule has 1 aliphatic heterocycles. The predicted octanol–water partition coefficient (Wildman–Crippen LogP) is 4.74. The Bertz CT molecular complexity index is 762. The number of ether oxygens (including phenoxy) is 1. The molecule has 24 heavy (non-hydrogen) atoms. The topological polar surface area (TPSA) is 58.6 Å². The summed E-state index contributed by atoms with van der Waals surface area (Å²) in [5.41, 5.74) is 4.50. The minimum Gasteiger partial charge on any atom is -0.493 e. The average Bonchev–Trinajstić information content (AvgIpc) is 2.53. The van der Waals surface area contributed by atoms with E-state index in [2.05, 4.69) is 50.4 Å². The molecule has 3 rings (SSSR count). The number of fused-ring (bicyclic) bond motifs is 1. The van der Waals surface area contributed by atoms with Crippen LogP contribution < -0.4 is 10.1 Å². The van der Waals surface area contributed by atoms with E-state index in [0.717, 1.165) is 22.4 Å². The number of benzene rings is 2.